The van der Waals surface area contributed by atoms with E-state index in [2.05, 4.69) is 30.1 Å². The molecule has 0 unspecified atom stereocenters. The molecule has 0 saturated carbocycles. The van der Waals surface area contributed by atoms with Crippen LogP contribution in [0, 0.1) is 0 Å². The monoisotopic (exact) mass is 431 g/mol. The van der Waals surface area contributed by atoms with E-state index in [9.17, 15) is 4.79 Å². The second-order valence-corrected chi connectivity index (χ2v) is 9.10. The molecule has 7 heteroatoms. The summed E-state index contributed by atoms with van der Waals surface area (Å²) in [6.45, 7) is 3.72. The summed E-state index contributed by atoms with van der Waals surface area (Å²) in [7, 11) is 4.03. The van der Waals surface area contributed by atoms with E-state index in [0.29, 0.717) is 6.54 Å². The van der Waals surface area contributed by atoms with Crippen LogP contribution < -0.4 is 4.90 Å². The van der Waals surface area contributed by atoms with E-state index in [1.807, 2.05) is 53.2 Å². The van der Waals surface area contributed by atoms with Crippen LogP contribution in [0.1, 0.15) is 0 Å². The molecule has 31 heavy (non-hydrogen) atoms. The Kier molecular flexibility index (Phi) is 5.29. The van der Waals surface area contributed by atoms with Crippen molar-refractivity contribution in [1.29, 1.82) is 0 Å². The standard InChI is InChI=1S/C24H25N5OS/c1-27-11-13-29(14-12-27)23(30)16-28(2)22-15-18(17-7-3-4-8-19(17)25-22)24-26-20-9-5-6-10-21(20)31-24/h3-10,15H,11-14,16H2,1-2H3. The number of pyridine rings is 1. The lowest BCUT2D eigenvalue weighted by Crippen LogP contribution is -2.49. The van der Waals surface area contributed by atoms with Crippen LogP contribution >= 0.6 is 11.3 Å². The van der Waals surface area contributed by atoms with E-state index in [1.165, 1.54) is 4.70 Å². The summed E-state index contributed by atoms with van der Waals surface area (Å²) in [5.74, 6) is 0.933. The second-order valence-electron chi connectivity index (χ2n) is 8.07. The van der Waals surface area contributed by atoms with Crippen LogP contribution in [0.3, 0.4) is 0 Å². The fourth-order valence-corrected chi connectivity index (χ4v) is 4.96. The van der Waals surface area contributed by atoms with E-state index in [1.54, 1.807) is 11.3 Å². The molecule has 1 saturated heterocycles. The van der Waals surface area contributed by atoms with E-state index < -0.39 is 0 Å². The molecule has 4 aromatic rings. The normalized spacial score (nSPS) is 15.0. The Morgan fingerprint density at radius 1 is 1.00 bits per heavy atom. The highest BCUT2D eigenvalue weighted by Gasteiger charge is 2.21. The number of likely N-dealkylation sites (N-methyl/N-ethyl adjacent to an activating group) is 2. The summed E-state index contributed by atoms with van der Waals surface area (Å²) in [6.07, 6.45) is 0. The molecule has 0 aliphatic carbocycles. The molecule has 0 N–H and O–H groups in total. The third-order valence-corrected chi connectivity index (χ3v) is 6.92. The summed E-state index contributed by atoms with van der Waals surface area (Å²) in [6, 6.07) is 18.4. The number of rotatable bonds is 4. The number of benzene rings is 2. The van der Waals surface area contributed by atoms with Crippen molar-refractivity contribution in [1.82, 2.24) is 19.8 Å². The van der Waals surface area contributed by atoms with Crippen LogP contribution in [0.5, 0.6) is 0 Å². The molecular weight excluding hydrogens is 406 g/mol. The number of carbonyl (C=O) groups excluding carboxylic acids is 1. The summed E-state index contributed by atoms with van der Waals surface area (Å²) >= 11 is 1.69. The SMILES string of the molecule is CN1CCN(C(=O)CN(C)c2cc(-c3nc4ccccc4s3)c3ccccc3n2)CC1. The number of piperazine rings is 1. The van der Waals surface area contributed by atoms with Gasteiger partial charge in [0.1, 0.15) is 10.8 Å². The van der Waals surface area contributed by atoms with Crippen molar-refractivity contribution < 1.29 is 4.79 Å². The molecule has 2 aromatic carbocycles. The molecule has 2 aromatic heterocycles. The number of carbonyl (C=O) groups is 1. The van der Waals surface area contributed by atoms with Gasteiger partial charge in [-0.1, -0.05) is 30.3 Å². The van der Waals surface area contributed by atoms with Crippen LogP contribution in [0.25, 0.3) is 31.7 Å². The molecule has 0 bridgehead atoms. The van der Waals surface area contributed by atoms with Crippen molar-refractivity contribution in [2.45, 2.75) is 0 Å². The van der Waals surface area contributed by atoms with Crippen LogP contribution in [-0.4, -0.2) is 72.5 Å². The number of fused-ring (bicyclic) bond motifs is 2. The van der Waals surface area contributed by atoms with Gasteiger partial charge in [0, 0.05) is 44.2 Å². The average Bonchev–Trinajstić information content (AvgIpc) is 3.23. The summed E-state index contributed by atoms with van der Waals surface area (Å²) < 4.78 is 1.17. The maximum absolute atomic E-state index is 12.9. The van der Waals surface area contributed by atoms with Gasteiger partial charge in [0.05, 0.1) is 22.3 Å². The molecule has 0 radical (unpaired) electrons. The summed E-state index contributed by atoms with van der Waals surface area (Å²) in [4.78, 5) is 28.7. The zero-order valence-electron chi connectivity index (χ0n) is 17.8. The van der Waals surface area contributed by atoms with Gasteiger partial charge in [-0.25, -0.2) is 9.97 Å². The van der Waals surface area contributed by atoms with Gasteiger partial charge in [-0.05, 0) is 31.3 Å². The first-order valence-corrected chi connectivity index (χ1v) is 11.3. The topological polar surface area (TPSA) is 52.6 Å². The quantitative estimate of drug-likeness (QED) is 0.493. The van der Waals surface area contributed by atoms with Gasteiger partial charge < -0.3 is 14.7 Å². The fraction of sp³-hybridized carbons (Fsp3) is 0.292. The third-order valence-electron chi connectivity index (χ3n) is 5.85. The predicted molar refractivity (Wildman–Crippen MR) is 128 cm³/mol. The van der Waals surface area contributed by atoms with E-state index in [0.717, 1.165) is 59.0 Å². The number of nitrogens with zero attached hydrogens (tertiary/aromatic N) is 5. The molecule has 1 fully saturated rings. The van der Waals surface area contributed by atoms with Crippen LogP contribution in [-0.2, 0) is 4.79 Å². The van der Waals surface area contributed by atoms with Crippen molar-refractivity contribution in [3.8, 4) is 10.6 Å². The summed E-state index contributed by atoms with van der Waals surface area (Å²) in [5.41, 5.74) is 2.97. The Balaban J connectivity index is 1.48. The number of para-hydroxylation sites is 2. The number of hydrogen-bond acceptors (Lipinski definition) is 6. The highest BCUT2D eigenvalue weighted by Crippen LogP contribution is 2.36. The maximum Gasteiger partial charge on any atom is 0.242 e. The van der Waals surface area contributed by atoms with Gasteiger partial charge in [0.25, 0.3) is 0 Å². The van der Waals surface area contributed by atoms with Crippen LogP contribution in [0.4, 0.5) is 5.82 Å². The average molecular weight is 432 g/mol. The third kappa shape index (κ3) is 3.98. The second kappa shape index (κ2) is 8.24. The molecule has 158 valence electrons. The van der Waals surface area contributed by atoms with Gasteiger partial charge in [-0.15, -0.1) is 11.3 Å². The van der Waals surface area contributed by atoms with Gasteiger partial charge in [0.15, 0.2) is 0 Å². The van der Waals surface area contributed by atoms with E-state index >= 15 is 0 Å². The first-order chi connectivity index (χ1) is 15.1. The zero-order chi connectivity index (χ0) is 21.4. The maximum atomic E-state index is 12.9. The lowest BCUT2D eigenvalue weighted by Gasteiger charge is -2.33. The van der Waals surface area contributed by atoms with Crippen molar-refractivity contribution in [2.75, 3.05) is 51.7 Å². The van der Waals surface area contributed by atoms with E-state index in [4.69, 9.17) is 9.97 Å². The molecule has 6 nitrogen and oxygen atoms in total. The summed E-state index contributed by atoms with van der Waals surface area (Å²) in [5, 5.41) is 2.05. The number of aromatic nitrogens is 2. The minimum Gasteiger partial charge on any atom is -0.350 e. The molecule has 5 rings (SSSR count). The lowest BCUT2D eigenvalue weighted by atomic mass is 10.1. The van der Waals surface area contributed by atoms with Crippen LogP contribution in [0.15, 0.2) is 54.6 Å². The molecule has 1 aliphatic heterocycles. The Morgan fingerprint density at radius 2 is 1.71 bits per heavy atom. The number of amides is 1. The van der Waals surface area contributed by atoms with Crippen molar-refractivity contribution in [2.24, 2.45) is 0 Å². The molecule has 3 heterocycles. The minimum atomic E-state index is 0.145. The van der Waals surface area contributed by atoms with Gasteiger partial charge >= 0.3 is 0 Å². The first kappa shape index (κ1) is 19.9. The molecule has 1 aliphatic rings. The van der Waals surface area contributed by atoms with E-state index in [-0.39, 0.29) is 5.91 Å². The van der Waals surface area contributed by atoms with Gasteiger partial charge in [-0.2, -0.15) is 0 Å². The smallest absolute Gasteiger partial charge is 0.242 e. The van der Waals surface area contributed by atoms with Gasteiger partial charge in [0.2, 0.25) is 5.91 Å². The molecular formula is C24H25N5OS. The Hall–Kier alpha value is -3.03. The Bertz CT molecular complexity index is 1210. The van der Waals surface area contributed by atoms with Crippen molar-refractivity contribution in [3.05, 3.63) is 54.6 Å². The minimum absolute atomic E-state index is 0.145. The number of anilines is 1. The number of thiazole rings is 1. The molecule has 0 spiro atoms. The lowest BCUT2D eigenvalue weighted by molar-refractivity contribution is -0.131. The van der Waals surface area contributed by atoms with Crippen molar-refractivity contribution in [3.63, 3.8) is 0 Å². The highest BCUT2D eigenvalue weighted by molar-refractivity contribution is 7.21. The Labute approximate surface area is 185 Å². The Morgan fingerprint density at radius 3 is 2.48 bits per heavy atom. The highest BCUT2D eigenvalue weighted by atomic mass is 32.1. The van der Waals surface area contributed by atoms with Gasteiger partial charge in [-0.3, -0.25) is 4.79 Å². The van der Waals surface area contributed by atoms with Crippen LogP contribution in [0.2, 0.25) is 0 Å². The predicted octanol–water partition coefficient (Wildman–Crippen LogP) is 3.72. The van der Waals surface area contributed by atoms with Crippen molar-refractivity contribution >= 4 is 44.2 Å². The number of hydrogen-bond donors (Lipinski definition) is 0. The molecule has 1 amide bonds. The zero-order valence-corrected chi connectivity index (χ0v) is 18.6. The largest absolute Gasteiger partial charge is 0.350 e. The first-order valence-electron chi connectivity index (χ1n) is 10.5. The fourth-order valence-electron chi connectivity index (χ4n) is 3.96. The molecule has 0 atom stereocenters.